The molecular formula is C30H48F2O. The Bertz CT molecular complexity index is 672. The smallest absolute Gasteiger partial charge is 0.200 e. The van der Waals surface area contributed by atoms with Crippen molar-refractivity contribution >= 4 is 0 Å². The van der Waals surface area contributed by atoms with Crippen molar-refractivity contribution < 1.29 is 13.5 Å². The van der Waals surface area contributed by atoms with Gasteiger partial charge in [0.25, 0.3) is 0 Å². The van der Waals surface area contributed by atoms with Gasteiger partial charge in [0, 0.05) is 0 Å². The van der Waals surface area contributed by atoms with Crippen LogP contribution in [0.3, 0.4) is 0 Å². The van der Waals surface area contributed by atoms with E-state index < -0.39 is 11.6 Å². The second-order valence-electron chi connectivity index (χ2n) is 10.9. The molecule has 0 bridgehead atoms. The fourth-order valence-electron chi connectivity index (χ4n) is 6.36. The molecule has 2 aliphatic carbocycles. The van der Waals surface area contributed by atoms with Crippen LogP contribution in [0, 0.1) is 29.4 Å². The maximum Gasteiger partial charge on any atom is 0.200 e. The first-order chi connectivity index (χ1) is 16.1. The SMILES string of the molecule is CCCCCCCCC1CCC(C2CCC(c3ccc(OCCCC)c(F)c3F)CC2)CC1. The predicted octanol–water partition coefficient (Wildman–Crippen LogP) is 9.97. The number of unbranched alkanes of at least 4 members (excludes halogenated alkanes) is 6. The molecule has 1 aromatic rings. The van der Waals surface area contributed by atoms with E-state index in [2.05, 4.69) is 13.8 Å². The standard InChI is InChI=1S/C30H48F2O/c1-3-5-7-8-9-10-11-23-12-14-24(15-13-23)25-16-18-26(19-17-25)27-20-21-28(30(32)29(27)31)33-22-6-4-2/h20-21,23-26H,3-19,22H2,1-2H3. The fraction of sp³-hybridized carbons (Fsp3) is 0.800. The lowest BCUT2D eigenvalue weighted by molar-refractivity contribution is 0.155. The van der Waals surface area contributed by atoms with E-state index in [4.69, 9.17) is 4.74 Å². The molecule has 0 radical (unpaired) electrons. The second kappa shape index (κ2) is 14.3. The third-order valence-electron chi connectivity index (χ3n) is 8.57. The largest absolute Gasteiger partial charge is 0.490 e. The lowest BCUT2D eigenvalue weighted by atomic mass is 9.68. The molecule has 1 aromatic carbocycles. The van der Waals surface area contributed by atoms with Gasteiger partial charge in [-0.25, -0.2) is 4.39 Å². The Hall–Kier alpha value is -1.12. The van der Waals surface area contributed by atoms with Crippen LogP contribution in [0.25, 0.3) is 0 Å². The maximum absolute atomic E-state index is 14.8. The first kappa shape index (κ1) is 26.5. The summed E-state index contributed by atoms with van der Waals surface area (Å²) in [7, 11) is 0. The van der Waals surface area contributed by atoms with Gasteiger partial charge in [0.2, 0.25) is 5.82 Å². The highest BCUT2D eigenvalue weighted by Crippen LogP contribution is 2.45. The highest BCUT2D eigenvalue weighted by molar-refractivity contribution is 5.33. The van der Waals surface area contributed by atoms with E-state index in [-0.39, 0.29) is 11.7 Å². The third kappa shape index (κ3) is 7.96. The zero-order chi connectivity index (χ0) is 23.5. The molecule has 2 fully saturated rings. The zero-order valence-corrected chi connectivity index (χ0v) is 21.4. The molecule has 1 nitrogen and oxygen atoms in total. The number of halogens is 2. The van der Waals surface area contributed by atoms with Crippen LogP contribution in [0.2, 0.25) is 0 Å². The molecule has 0 unspecified atom stereocenters. The van der Waals surface area contributed by atoms with Gasteiger partial charge >= 0.3 is 0 Å². The van der Waals surface area contributed by atoms with Crippen LogP contribution in [0.15, 0.2) is 12.1 Å². The van der Waals surface area contributed by atoms with Crippen molar-refractivity contribution in [3.63, 3.8) is 0 Å². The lowest BCUT2D eigenvalue weighted by Gasteiger charge is -2.38. The molecule has 188 valence electrons. The summed E-state index contributed by atoms with van der Waals surface area (Å²) in [5.74, 6) is 1.36. The van der Waals surface area contributed by atoms with Crippen molar-refractivity contribution in [1.29, 1.82) is 0 Å². The summed E-state index contributed by atoms with van der Waals surface area (Å²) in [4.78, 5) is 0. The Labute approximate surface area is 202 Å². The Morgan fingerprint density at radius 1 is 0.697 bits per heavy atom. The van der Waals surface area contributed by atoms with Crippen molar-refractivity contribution in [2.75, 3.05) is 6.61 Å². The van der Waals surface area contributed by atoms with Gasteiger partial charge in [-0.2, -0.15) is 4.39 Å². The van der Waals surface area contributed by atoms with Gasteiger partial charge < -0.3 is 4.74 Å². The first-order valence-corrected chi connectivity index (χ1v) is 14.2. The fourth-order valence-corrected chi connectivity index (χ4v) is 6.36. The van der Waals surface area contributed by atoms with Crippen molar-refractivity contribution in [3.8, 4) is 5.75 Å². The molecule has 0 aliphatic heterocycles. The molecule has 0 spiro atoms. The van der Waals surface area contributed by atoms with E-state index in [1.807, 2.05) is 0 Å². The molecule has 0 aromatic heterocycles. The van der Waals surface area contributed by atoms with E-state index in [0.29, 0.717) is 12.2 Å². The van der Waals surface area contributed by atoms with Gasteiger partial charge in [0.05, 0.1) is 6.61 Å². The summed E-state index contributed by atoms with van der Waals surface area (Å²) in [5.41, 5.74) is 0.566. The minimum atomic E-state index is -0.797. The van der Waals surface area contributed by atoms with Crippen LogP contribution < -0.4 is 4.74 Å². The number of hydrogen-bond donors (Lipinski definition) is 0. The Balaban J connectivity index is 1.38. The third-order valence-corrected chi connectivity index (χ3v) is 8.57. The molecule has 0 saturated heterocycles. The van der Waals surface area contributed by atoms with Gasteiger partial charge in [0.15, 0.2) is 11.6 Å². The van der Waals surface area contributed by atoms with Crippen LogP contribution >= 0.6 is 0 Å². The van der Waals surface area contributed by atoms with Gasteiger partial charge in [-0.15, -0.1) is 0 Å². The zero-order valence-electron chi connectivity index (χ0n) is 21.4. The van der Waals surface area contributed by atoms with E-state index >= 15 is 0 Å². The molecule has 2 aliphatic rings. The van der Waals surface area contributed by atoms with Gasteiger partial charge in [0.1, 0.15) is 0 Å². The molecule has 0 atom stereocenters. The summed E-state index contributed by atoms with van der Waals surface area (Å²) in [5, 5.41) is 0. The summed E-state index contributed by atoms with van der Waals surface area (Å²) < 4.78 is 34.7. The number of hydrogen-bond acceptors (Lipinski definition) is 1. The van der Waals surface area contributed by atoms with E-state index in [0.717, 1.165) is 43.4 Å². The summed E-state index contributed by atoms with van der Waals surface area (Å²) in [6.45, 7) is 4.78. The molecule has 33 heavy (non-hydrogen) atoms. The van der Waals surface area contributed by atoms with Crippen molar-refractivity contribution in [1.82, 2.24) is 0 Å². The average Bonchev–Trinajstić information content (AvgIpc) is 2.85. The molecule has 3 rings (SSSR count). The van der Waals surface area contributed by atoms with E-state index in [9.17, 15) is 8.78 Å². The topological polar surface area (TPSA) is 9.23 Å². The van der Waals surface area contributed by atoms with Crippen LogP contribution in [-0.4, -0.2) is 6.61 Å². The van der Waals surface area contributed by atoms with Gasteiger partial charge in [-0.05, 0) is 80.2 Å². The van der Waals surface area contributed by atoms with Gasteiger partial charge in [-0.3, -0.25) is 0 Å². The molecule has 0 amide bonds. The van der Waals surface area contributed by atoms with Crippen molar-refractivity contribution in [3.05, 3.63) is 29.3 Å². The summed E-state index contributed by atoms with van der Waals surface area (Å²) in [6.07, 6.45) is 21.6. The highest BCUT2D eigenvalue weighted by atomic mass is 19.2. The van der Waals surface area contributed by atoms with Crippen LogP contribution in [0.5, 0.6) is 5.75 Å². The second-order valence-corrected chi connectivity index (χ2v) is 10.9. The molecule has 3 heteroatoms. The molecule has 0 N–H and O–H groups in total. The molecule has 0 heterocycles. The highest BCUT2D eigenvalue weighted by Gasteiger charge is 2.32. The first-order valence-electron chi connectivity index (χ1n) is 14.2. The quantitative estimate of drug-likeness (QED) is 0.265. The predicted molar refractivity (Wildman–Crippen MR) is 135 cm³/mol. The van der Waals surface area contributed by atoms with E-state index in [1.54, 1.807) is 12.1 Å². The number of benzene rings is 1. The minimum Gasteiger partial charge on any atom is -0.490 e. The van der Waals surface area contributed by atoms with Crippen LogP contribution in [-0.2, 0) is 0 Å². The molecular weight excluding hydrogens is 414 g/mol. The summed E-state index contributed by atoms with van der Waals surface area (Å²) in [6, 6.07) is 3.42. The van der Waals surface area contributed by atoms with Crippen molar-refractivity contribution in [2.45, 2.75) is 129 Å². The monoisotopic (exact) mass is 462 g/mol. The van der Waals surface area contributed by atoms with E-state index in [1.165, 1.54) is 83.5 Å². The minimum absolute atomic E-state index is 0.0658. The Morgan fingerprint density at radius 2 is 1.30 bits per heavy atom. The average molecular weight is 463 g/mol. The normalized spacial score (nSPS) is 25.8. The Kier molecular flexibility index (Phi) is 11.5. The number of ether oxygens (including phenoxy) is 1. The van der Waals surface area contributed by atoms with Gasteiger partial charge in [-0.1, -0.05) is 84.1 Å². The van der Waals surface area contributed by atoms with Crippen LogP contribution in [0.1, 0.15) is 134 Å². The number of rotatable bonds is 13. The molecule has 2 saturated carbocycles. The Morgan fingerprint density at radius 3 is 1.97 bits per heavy atom. The van der Waals surface area contributed by atoms with Crippen molar-refractivity contribution in [2.24, 2.45) is 17.8 Å². The summed E-state index contributed by atoms with van der Waals surface area (Å²) >= 11 is 0. The lowest BCUT2D eigenvalue weighted by Crippen LogP contribution is -2.25. The van der Waals surface area contributed by atoms with Crippen LogP contribution in [0.4, 0.5) is 8.78 Å². The maximum atomic E-state index is 14.8.